The number of carbonyl (C=O) groups is 2. The minimum Gasteiger partial charge on any atom is -0.497 e. The van der Waals surface area contributed by atoms with Gasteiger partial charge in [-0.25, -0.2) is 4.79 Å². The maximum atomic E-state index is 13.7. The van der Waals surface area contributed by atoms with E-state index in [1.165, 1.54) is 0 Å². The fourth-order valence-electron chi connectivity index (χ4n) is 7.17. The number of cyclic esters (lactones) is 1. The van der Waals surface area contributed by atoms with Crippen molar-refractivity contribution < 1.29 is 33.3 Å². The van der Waals surface area contributed by atoms with E-state index in [1.807, 2.05) is 68.5 Å². The van der Waals surface area contributed by atoms with Gasteiger partial charge in [0.05, 0.1) is 39.6 Å². The molecule has 3 aliphatic rings. The van der Waals surface area contributed by atoms with Crippen LogP contribution >= 0.6 is 0 Å². The average Bonchev–Trinajstić information content (AvgIpc) is 3.53. The highest BCUT2D eigenvalue weighted by Crippen LogP contribution is 2.47. The van der Waals surface area contributed by atoms with E-state index < -0.39 is 0 Å². The molecular formula is C40H50O7. The van der Waals surface area contributed by atoms with Crippen molar-refractivity contribution in [2.75, 3.05) is 14.2 Å². The lowest BCUT2D eigenvalue weighted by Gasteiger charge is -2.33. The Bertz CT molecular complexity index is 1390. The van der Waals surface area contributed by atoms with Gasteiger partial charge in [-0.05, 0) is 97.7 Å². The number of carbonyl (C=O) groups excluding carboxylic acids is 2. The van der Waals surface area contributed by atoms with Crippen LogP contribution in [0, 0.1) is 29.6 Å². The number of hydrogen-bond acceptors (Lipinski definition) is 7. The van der Waals surface area contributed by atoms with E-state index in [-0.39, 0.29) is 47.8 Å². The number of methoxy groups -OCH3 is 2. The summed E-state index contributed by atoms with van der Waals surface area (Å²) in [6.45, 7) is 4.96. The number of rotatable bonds is 9. The van der Waals surface area contributed by atoms with E-state index in [4.69, 9.17) is 23.7 Å². The van der Waals surface area contributed by atoms with Gasteiger partial charge in [0.25, 0.3) is 0 Å². The van der Waals surface area contributed by atoms with E-state index in [1.54, 1.807) is 26.4 Å². The first kappa shape index (κ1) is 34.6. The molecule has 1 aliphatic heterocycles. The van der Waals surface area contributed by atoms with Crippen molar-refractivity contribution in [3.8, 4) is 11.5 Å². The zero-order chi connectivity index (χ0) is 33.2. The number of hydrogen-bond donors (Lipinski definition) is 0. The number of benzene rings is 2. The maximum absolute atomic E-state index is 13.7. The van der Waals surface area contributed by atoms with Gasteiger partial charge in [0.15, 0.2) is 5.78 Å². The van der Waals surface area contributed by atoms with E-state index in [9.17, 15) is 9.59 Å². The van der Waals surface area contributed by atoms with E-state index in [2.05, 4.69) is 18.2 Å². The van der Waals surface area contributed by atoms with Gasteiger partial charge in [-0.2, -0.15) is 0 Å². The van der Waals surface area contributed by atoms with Crippen molar-refractivity contribution in [2.45, 2.75) is 83.9 Å². The summed E-state index contributed by atoms with van der Waals surface area (Å²) >= 11 is 0. The summed E-state index contributed by atoms with van der Waals surface area (Å²) in [6, 6.07) is 15.8. The van der Waals surface area contributed by atoms with Gasteiger partial charge >= 0.3 is 5.97 Å². The van der Waals surface area contributed by atoms with Crippen LogP contribution in [0.2, 0.25) is 0 Å². The summed E-state index contributed by atoms with van der Waals surface area (Å²) in [5, 5.41) is 0. The molecule has 5 rings (SSSR count). The van der Waals surface area contributed by atoms with Crippen LogP contribution < -0.4 is 9.47 Å². The van der Waals surface area contributed by atoms with Gasteiger partial charge < -0.3 is 23.7 Å². The molecule has 47 heavy (non-hydrogen) atoms. The van der Waals surface area contributed by atoms with Crippen LogP contribution in [0.1, 0.15) is 63.5 Å². The van der Waals surface area contributed by atoms with Crippen LogP contribution in [0.15, 0.2) is 85.0 Å². The molecule has 7 nitrogen and oxygen atoms in total. The Morgan fingerprint density at radius 3 is 2.06 bits per heavy atom. The highest BCUT2D eigenvalue weighted by atomic mass is 16.5. The van der Waals surface area contributed by atoms with Crippen molar-refractivity contribution >= 4 is 11.8 Å². The van der Waals surface area contributed by atoms with Gasteiger partial charge in [-0.15, -0.1) is 0 Å². The highest BCUT2D eigenvalue weighted by Gasteiger charge is 2.42. The molecule has 0 saturated heterocycles. The third-order valence-electron chi connectivity index (χ3n) is 10.1. The fourth-order valence-corrected chi connectivity index (χ4v) is 7.17. The first-order chi connectivity index (χ1) is 22.9. The zero-order valence-electron chi connectivity index (χ0n) is 28.2. The van der Waals surface area contributed by atoms with Gasteiger partial charge in [-0.1, -0.05) is 62.4 Å². The SMILES string of the molecule is CC[C@H]1CCC[C@H](OCc2ccc(OC)cc2)[C@@H](C)C(=O)/C=C/[C@@H]2[C@H]3C[C@H](OCc4ccc(OC)cc4)C[C@@H]3C=C[C@@H]2/C=C/C(=O)O1. The van der Waals surface area contributed by atoms with Crippen molar-refractivity contribution in [3.63, 3.8) is 0 Å². The summed E-state index contributed by atoms with van der Waals surface area (Å²) in [6.07, 6.45) is 16.3. The standard InChI is InChI=1S/C40H50O7/c1-5-32-7-6-8-39(46-26-29-11-18-34(44-4)19-12-29)27(2)38(41)21-20-36-30(15-22-40(42)47-32)13-14-31-23-35(24-37(31)36)45-25-28-9-16-33(43-3)17-10-28/h9-22,27,30-32,35-37,39H,5-8,23-26H2,1-4H3/b21-20+,22-15+/t27-,30+,31-,32-,35+,36-,37-,39-/m0/s1. The van der Waals surface area contributed by atoms with Crippen molar-refractivity contribution in [3.05, 3.63) is 96.1 Å². The predicted molar refractivity (Wildman–Crippen MR) is 182 cm³/mol. The summed E-state index contributed by atoms with van der Waals surface area (Å²) in [7, 11) is 3.31. The normalized spacial score (nSPS) is 31.1. The zero-order valence-corrected chi connectivity index (χ0v) is 28.2. The van der Waals surface area contributed by atoms with Crippen LogP contribution in [-0.2, 0) is 37.0 Å². The summed E-state index contributed by atoms with van der Waals surface area (Å²) < 4.78 is 29.3. The van der Waals surface area contributed by atoms with Gasteiger partial charge in [0.2, 0.25) is 0 Å². The molecule has 1 saturated carbocycles. The van der Waals surface area contributed by atoms with Gasteiger partial charge in [-0.3, -0.25) is 4.79 Å². The molecule has 0 radical (unpaired) electrons. The number of allylic oxidation sites excluding steroid dienone is 5. The highest BCUT2D eigenvalue weighted by molar-refractivity contribution is 5.92. The lowest BCUT2D eigenvalue weighted by molar-refractivity contribution is -0.143. The quantitative estimate of drug-likeness (QED) is 0.204. The van der Waals surface area contributed by atoms with Crippen molar-refractivity contribution in [1.82, 2.24) is 0 Å². The van der Waals surface area contributed by atoms with E-state index in [0.717, 1.165) is 54.7 Å². The number of fused-ring (bicyclic) bond motifs is 3. The largest absolute Gasteiger partial charge is 0.497 e. The third-order valence-corrected chi connectivity index (χ3v) is 10.1. The Morgan fingerprint density at radius 2 is 1.43 bits per heavy atom. The van der Waals surface area contributed by atoms with Crippen LogP contribution in [-0.4, -0.2) is 44.3 Å². The second kappa shape index (κ2) is 16.9. The maximum Gasteiger partial charge on any atom is 0.330 e. The minimum absolute atomic E-state index is 0.0178. The lowest BCUT2D eigenvalue weighted by Crippen LogP contribution is -2.29. The molecule has 1 fully saturated rings. The molecule has 0 aromatic heterocycles. The number of ketones is 1. The Labute approximate surface area is 280 Å². The molecule has 1 heterocycles. The molecule has 2 aliphatic carbocycles. The number of esters is 1. The van der Waals surface area contributed by atoms with Crippen LogP contribution in [0.5, 0.6) is 11.5 Å². The molecule has 0 bridgehead atoms. The van der Waals surface area contributed by atoms with E-state index >= 15 is 0 Å². The molecule has 8 atom stereocenters. The summed E-state index contributed by atoms with van der Waals surface area (Å²) in [5.74, 6) is 1.75. The second-order valence-electron chi connectivity index (χ2n) is 13.1. The fraction of sp³-hybridized carbons (Fsp3) is 0.500. The Hall–Kier alpha value is -3.68. The molecule has 0 amide bonds. The van der Waals surface area contributed by atoms with Crippen LogP contribution in [0.3, 0.4) is 0 Å². The first-order valence-electron chi connectivity index (χ1n) is 17.1. The average molecular weight is 643 g/mol. The Balaban J connectivity index is 1.31. The Morgan fingerprint density at radius 1 is 0.766 bits per heavy atom. The second-order valence-corrected chi connectivity index (χ2v) is 13.1. The van der Waals surface area contributed by atoms with Crippen molar-refractivity contribution in [1.29, 1.82) is 0 Å². The molecule has 2 aromatic rings. The first-order valence-corrected chi connectivity index (χ1v) is 17.1. The van der Waals surface area contributed by atoms with Crippen molar-refractivity contribution in [2.24, 2.45) is 29.6 Å². The van der Waals surface area contributed by atoms with Gasteiger partial charge in [0.1, 0.15) is 17.6 Å². The predicted octanol–water partition coefficient (Wildman–Crippen LogP) is 7.83. The molecule has 252 valence electrons. The minimum atomic E-state index is -0.315. The van der Waals surface area contributed by atoms with Crippen LogP contribution in [0.25, 0.3) is 0 Å². The monoisotopic (exact) mass is 642 g/mol. The van der Waals surface area contributed by atoms with E-state index in [0.29, 0.717) is 31.5 Å². The molecule has 0 N–H and O–H groups in total. The smallest absolute Gasteiger partial charge is 0.330 e. The third kappa shape index (κ3) is 9.45. The number of ether oxygens (including phenoxy) is 5. The molecule has 7 heteroatoms. The summed E-state index contributed by atoms with van der Waals surface area (Å²) in [5.41, 5.74) is 2.13. The topological polar surface area (TPSA) is 80.3 Å². The Kier molecular flexibility index (Phi) is 12.5. The molecular weight excluding hydrogens is 592 g/mol. The molecule has 2 aromatic carbocycles. The summed E-state index contributed by atoms with van der Waals surface area (Å²) in [4.78, 5) is 26.6. The van der Waals surface area contributed by atoms with Crippen LogP contribution in [0.4, 0.5) is 0 Å². The lowest BCUT2D eigenvalue weighted by atomic mass is 9.71. The molecule has 0 unspecified atom stereocenters. The van der Waals surface area contributed by atoms with Gasteiger partial charge in [0, 0.05) is 17.9 Å². The molecule has 0 spiro atoms.